The van der Waals surface area contributed by atoms with Crippen LogP contribution < -0.4 is 0 Å². The monoisotopic (exact) mass is 250 g/mol. The summed E-state index contributed by atoms with van der Waals surface area (Å²) in [4.78, 5) is 0. The van der Waals surface area contributed by atoms with Gasteiger partial charge >= 0.3 is 0 Å². The van der Waals surface area contributed by atoms with Gasteiger partial charge < -0.3 is 0 Å². The van der Waals surface area contributed by atoms with Gasteiger partial charge in [-0.1, -0.05) is 6.92 Å². The molecule has 5 heteroatoms. The highest BCUT2D eigenvalue weighted by atomic mass is 32.2. The highest BCUT2D eigenvalue weighted by Crippen LogP contribution is 2.59. The molecular formula is C11H19FO3S. The Hall–Kier alpha value is -0.160. The first kappa shape index (κ1) is 12.3. The van der Waals surface area contributed by atoms with E-state index in [1.54, 1.807) is 0 Å². The summed E-state index contributed by atoms with van der Waals surface area (Å²) >= 11 is 0. The molecule has 94 valence electrons. The molecule has 16 heavy (non-hydrogen) atoms. The normalized spacial score (nSPS) is 42.8. The van der Waals surface area contributed by atoms with Crippen molar-refractivity contribution in [2.75, 3.05) is 13.8 Å². The average molecular weight is 250 g/mol. The molecule has 0 amide bonds. The Bertz CT molecular complexity index is 367. The van der Waals surface area contributed by atoms with Crippen LogP contribution in [0, 0.1) is 17.3 Å². The summed E-state index contributed by atoms with van der Waals surface area (Å²) in [5.41, 5.74) is 0.0131. The first-order chi connectivity index (χ1) is 7.43. The molecule has 2 saturated carbocycles. The van der Waals surface area contributed by atoms with Gasteiger partial charge in [0.2, 0.25) is 0 Å². The van der Waals surface area contributed by atoms with Gasteiger partial charge in [0.05, 0.1) is 19.0 Å². The van der Waals surface area contributed by atoms with Crippen LogP contribution in [0.15, 0.2) is 0 Å². The van der Waals surface area contributed by atoms with Crippen LogP contribution in [0.4, 0.5) is 4.39 Å². The molecular weight excluding hydrogens is 231 g/mol. The van der Waals surface area contributed by atoms with Gasteiger partial charge in [-0.25, -0.2) is 0 Å². The summed E-state index contributed by atoms with van der Waals surface area (Å²) in [6.07, 6.45) is 2.96. The third-order valence-electron chi connectivity index (χ3n) is 4.61. The minimum absolute atomic E-state index is 0.0131. The lowest BCUT2D eigenvalue weighted by Crippen LogP contribution is -2.35. The Kier molecular flexibility index (Phi) is 3.03. The van der Waals surface area contributed by atoms with Gasteiger partial charge in [0.15, 0.2) is 0 Å². The van der Waals surface area contributed by atoms with Crippen LogP contribution in [-0.4, -0.2) is 27.5 Å². The van der Waals surface area contributed by atoms with Crippen LogP contribution in [0.25, 0.3) is 0 Å². The van der Waals surface area contributed by atoms with E-state index >= 15 is 0 Å². The molecule has 2 aliphatic carbocycles. The average Bonchev–Trinajstić information content (AvgIpc) is 2.74. The summed E-state index contributed by atoms with van der Waals surface area (Å²) in [6, 6.07) is 0. The zero-order valence-electron chi connectivity index (χ0n) is 9.78. The first-order valence-corrected chi connectivity index (χ1v) is 7.25. The van der Waals surface area contributed by atoms with Crippen molar-refractivity contribution >= 4 is 10.1 Å². The van der Waals surface area contributed by atoms with Gasteiger partial charge in [-0.2, -0.15) is 8.42 Å². The second kappa shape index (κ2) is 3.95. The van der Waals surface area contributed by atoms with Crippen LogP contribution in [0.2, 0.25) is 0 Å². The summed E-state index contributed by atoms with van der Waals surface area (Å²) in [5.74, 6) is 0.523. The van der Waals surface area contributed by atoms with Crippen molar-refractivity contribution < 1.29 is 17.0 Å². The molecule has 4 unspecified atom stereocenters. The summed E-state index contributed by atoms with van der Waals surface area (Å²) in [5, 5.41) is -0.352. The van der Waals surface area contributed by atoms with Gasteiger partial charge in [-0.3, -0.25) is 8.57 Å². The minimum Gasteiger partial charge on any atom is -0.273 e. The fourth-order valence-corrected chi connectivity index (χ4v) is 5.03. The third kappa shape index (κ3) is 1.78. The fraction of sp³-hybridized carbons (Fsp3) is 1.00. The zero-order valence-corrected chi connectivity index (χ0v) is 10.6. The molecule has 0 aromatic rings. The molecule has 2 rings (SSSR count). The molecule has 2 bridgehead atoms. The van der Waals surface area contributed by atoms with Gasteiger partial charge in [0.1, 0.15) is 0 Å². The van der Waals surface area contributed by atoms with Crippen molar-refractivity contribution in [1.29, 1.82) is 0 Å². The van der Waals surface area contributed by atoms with Crippen molar-refractivity contribution in [3.63, 3.8) is 0 Å². The number of hydrogen-bond donors (Lipinski definition) is 0. The van der Waals surface area contributed by atoms with Crippen molar-refractivity contribution in [1.82, 2.24) is 0 Å². The van der Waals surface area contributed by atoms with E-state index in [1.807, 2.05) is 0 Å². The molecule has 0 saturated heterocycles. The number of halogens is 1. The van der Waals surface area contributed by atoms with E-state index in [-0.39, 0.29) is 23.3 Å². The van der Waals surface area contributed by atoms with E-state index in [0.29, 0.717) is 18.8 Å². The Balaban J connectivity index is 2.12. The maximum atomic E-state index is 12.5. The minimum atomic E-state index is -3.39. The van der Waals surface area contributed by atoms with Crippen molar-refractivity contribution in [3.8, 4) is 0 Å². The van der Waals surface area contributed by atoms with Crippen LogP contribution in [0.3, 0.4) is 0 Å². The molecule has 0 N–H and O–H groups in total. The van der Waals surface area contributed by atoms with E-state index in [0.717, 1.165) is 12.8 Å². The fourth-order valence-electron chi connectivity index (χ4n) is 3.63. The van der Waals surface area contributed by atoms with Crippen LogP contribution in [-0.2, 0) is 14.3 Å². The van der Waals surface area contributed by atoms with Crippen molar-refractivity contribution in [2.24, 2.45) is 17.3 Å². The van der Waals surface area contributed by atoms with Crippen LogP contribution >= 0.6 is 0 Å². The van der Waals surface area contributed by atoms with Gasteiger partial charge in [-0.05, 0) is 42.9 Å². The SMILES string of the molecule is COS(=O)(=O)C1CC2CC1CC2(C)CCF. The van der Waals surface area contributed by atoms with Crippen LogP contribution in [0.1, 0.15) is 32.6 Å². The molecule has 2 fully saturated rings. The van der Waals surface area contributed by atoms with E-state index in [9.17, 15) is 12.8 Å². The standard InChI is InChI=1S/C11H19FO3S/c1-11(3-4-12)7-8-5-9(11)6-10(8)16(13,14)15-2/h8-10H,3-7H2,1-2H3. The number of hydrogen-bond acceptors (Lipinski definition) is 3. The smallest absolute Gasteiger partial charge is 0.270 e. The summed E-state index contributed by atoms with van der Waals surface area (Å²) < 4.78 is 40.4. The van der Waals surface area contributed by atoms with Gasteiger partial charge in [0.25, 0.3) is 10.1 Å². The molecule has 0 aromatic carbocycles. The first-order valence-electron chi connectivity index (χ1n) is 5.78. The lowest BCUT2D eigenvalue weighted by Gasteiger charge is -2.35. The Morgan fingerprint density at radius 1 is 1.44 bits per heavy atom. The number of rotatable bonds is 4. The molecule has 4 atom stereocenters. The predicted octanol–water partition coefficient (Wildman–Crippen LogP) is 2.13. The van der Waals surface area contributed by atoms with Gasteiger partial charge in [-0.15, -0.1) is 0 Å². The highest BCUT2D eigenvalue weighted by Gasteiger charge is 2.55. The van der Waals surface area contributed by atoms with E-state index in [1.165, 1.54) is 7.11 Å². The number of fused-ring (bicyclic) bond motifs is 2. The predicted molar refractivity (Wildman–Crippen MR) is 59.2 cm³/mol. The summed E-state index contributed by atoms with van der Waals surface area (Å²) in [6.45, 7) is 1.79. The van der Waals surface area contributed by atoms with E-state index in [2.05, 4.69) is 11.1 Å². The van der Waals surface area contributed by atoms with E-state index < -0.39 is 10.1 Å². The third-order valence-corrected chi connectivity index (χ3v) is 6.40. The molecule has 0 aliphatic heterocycles. The quantitative estimate of drug-likeness (QED) is 0.718. The lowest BCUT2D eigenvalue weighted by atomic mass is 9.73. The largest absolute Gasteiger partial charge is 0.273 e. The topological polar surface area (TPSA) is 43.4 Å². The molecule has 0 spiro atoms. The van der Waals surface area contributed by atoms with Crippen molar-refractivity contribution in [3.05, 3.63) is 0 Å². The molecule has 0 radical (unpaired) electrons. The highest BCUT2D eigenvalue weighted by molar-refractivity contribution is 7.87. The van der Waals surface area contributed by atoms with Crippen LogP contribution in [0.5, 0.6) is 0 Å². The molecule has 0 aromatic heterocycles. The lowest BCUT2D eigenvalue weighted by molar-refractivity contribution is 0.156. The zero-order chi connectivity index (χ0) is 12.0. The van der Waals surface area contributed by atoms with Gasteiger partial charge in [0, 0.05) is 0 Å². The molecule has 2 aliphatic rings. The molecule has 3 nitrogen and oxygen atoms in total. The van der Waals surface area contributed by atoms with E-state index in [4.69, 9.17) is 0 Å². The summed E-state index contributed by atoms with van der Waals surface area (Å²) in [7, 11) is -2.16. The van der Waals surface area contributed by atoms with Crippen molar-refractivity contribution in [2.45, 2.75) is 37.9 Å². The Labute approximate surface area is 96.5 Å². The Morgan fingerprint density at radius 3 is 2.56 bits per heavy atom. The maximum Gasteiger partial charge on any atom is 0.270 e. The maximum absolute atomic E-state index is 12.5. The number of alkyl halides is 1. The molecule has 0 heterocycles. The Morgan fingerprint density at radius 2 is 2.12 bits per heavy atom. The second-order valence-electron chi connectivity index (χ2n) is 5.42. The second-order valence-corrected chi connectivity index (χ2v) is 7.35.